The van der Waals surface area contributed by atoms with Crippen LogP contribution in [0.5, 0.6) is 28.7 Å². The van der Waals surface area contributed by atoms with E-state index in [4.69, 9.17) is 13.9 Å². The Kier molecular flexibility index (Phi) is 7.12. The predicted molar refractivity (Wildman–Crippen MR) is 115 cm³/mol. The smallest absolute Gasteiger partial charge is 0.229 e. The Balaban J connectivity index is 0.00000324. The highest BCUT2D eigenvalue weighted by molar-refractivity contribution is 5.85. The Morgan fingerprint density at radius 3 is 2.12 bits per heavy atom. The van der Waals surface area contributed by atoms with E-state index < -0.39 is 65.7 Å². The number of fused-ring (bicyclic) bond motifs is 1. The highest BCUT2D eigenvalue weighted by atomic mass is 35.5. The summed E-state index contributed by atoms with van der Waals surface area (Å²) in [5.41, 5.74) is -0.598. The van der Waals surface area contributed by atoms with Gasteiger partial charge in [-0.2, -0.15) is 0 Å². The van der Waals surface area contributed by atoms with Gasteiger partial charge in [0.1, 0.15) is 35.9 Å². The molecule has 0 radical (unpaired) electrons. The normalized spacial score (nSPS) is 24.5. The minimum absolute atomic E-state index is 0. The van der Waals surface area contributed by atoms with Crippen LogP contribution >= 0.6 is 12.4 Å². The molecule has 8 N–H and O–H groups in total. The molecule has 13 heteroatoms. The highest BCUT2D eigenvalue weighted by Crippen LogP contribution is 2.45. The van der Waals surface area contributed by atoms with Gasteiger partial charge in [0, 0.05) is 17.7 Å². The first-order chi connectivity index (χ1) is 15.6. The number of aromatic hydroxyl groups is 4. The lowest BCUT2D eigenvalue weighted by Gasteiger charge is -2.39. The molecule has 2 aliphatic heterocycles. The van der Waals surface area contributed by atoms with Gasteiger partial charge in [-0.25, -0.2) is 0 Å². The second-order valence-electron chi connectivity index (χ2n) is 7.47. The fourth-order valence-corrected chi connectivity index (χ4v) is 3.49. The molecule has 3 aliphatic rings. The van der Waals surface area contributed by atoms with E-state index in [1.165, 1.54) is 6.07 Å². The van der Waals surface area contributed by atoms with E-state index in [1.54, 1.807) is 0 Å². The quantitative estimate of drug-likeness (QED) is 0.219. The largest absolute Gasteiger partial charge is 0.507 e. The predicted octanol–water partition coefficient (Wildman–Crippen LogP) is -0.166. The van der Waals surface area contributed by atoms with Crippen LogP contribution in [-0.4, -0.2) is 78.2 Å². The molecule has 1 saturated heterocycles. The summed E-state index contributed by atoms with van der Waals surface area (Å²) in [6.07, 6.45) is -8.04. The molecule has 1 fully saturated rings. The lowest BCUT2D eigenvalue weighted by Crippen LogP contribution is -2.60. The maximum Gasteiger partial charge on any atom is 0.229 e. The summed E-state index contributed by atoms with van der Waals surface area (Å²) in [5.74, 6) is -3.24. The van der Waals surface area contributed by atoms with Crippen molar-refractivity contribution in [1.82, 2.24) is 0 Å². The molecule has 0 saturated carbocycles. The highest BCUT2D eigenvalue weighted by Gasteiger charge is 2.45. The summed E-state index contributed by atoms with van der Waals surface area (Å²) in [7, 11) is 0. The van der Waals surface area contributed by atoms with Gasteiger partial charge in [-0.05, 0) is 18.2 Å². The van der Waals surface area contributed by atoms with Crippen LogP contribution in [0, 0.1) is 0 Å². The second-order valence-corrected chi connectivity index (χ2v) is 7.47. The minimum Gasteiger partial charge on any atom is -0.507 e. The molecular formula is C21H21ClO12. The zero-order valence-corrected chi connectivity index (χ0v) is 17.9. The Morgan fingerprint density at radius 1 is 0.853 bits per heavy atom. The number of benzene rings is 2. The van der Waals surface area contributed by atoms with Crippen molar-refractivity contribution in [3.63, 3.8) is 0 Å². The van der Waals surface area contributed by atoms with E-state index in [0.29, 0.717) is 0 Å². The Labute approximate surface area is 196 Å². The maximum absolute atomic E-state index is 11.8. The lowest BCUT2D eigenvalue weighted by molar-refractivity contribution is -0.277. The van der Waals surface area contributed by atoms with Crippen molar-refractivity contribution >= 4 is 12.4 Å². The second kappa shape index (κ2) is 9.54. The number of aliphatic hydroxyl groups is 4. The summed E-state index contributed by atoms with van der Waals surface area (Å²) in [5, 5.41) is 79.2. The molecule has 12 nitrogen and oxygen atoms in total. The van der Waals surface area contributed by atoms with Gasteiger partial charge in [0.15, 0.2) is 34.2 Å². The van der Waals surface area contributed by atoms with Crippen molar-refractivity contribution in [3.05, 3.63) is 40.6 Å². The first-order valence-electron chi connectivity index (χ1n) is 9.64. The van der Waals surface area contributed by atoms with Gasteiger partial charge in [0.25, 0.3) is 0 Å². The first kappa shape index (κ1) is 25.4. The Bertz CT molecular complexity index is 1190. The monoisotopic (exact) mass is 500 g/mol. The van der Waals surface area contributed by atoms with Crippen LogP contribution in [0.2, 0.25) is 0 Å². The summed E-state index contributed by atoms with van der Waals surface area (Å²) < 4.78 is 16.7. The van der Waals surface area contributed by atoms with Gasteiger partial charge in [0.2, 0.25) is 6.29 Å². The molecule has 184 valence electrons. The van der Waals surface area contributed by atoms with Crippen LogP contribution in [0.1, 0.15) is 0 Å². The molecule has 1 aliphatic carbocycles. The fraction of sp³-hybridized carbons (Fsp3) is 0.286. The van der Waals surface area contributed by atoms with Crippen LogP contribution in [0.3, 0.4) is 0 Å². The van der Waals surface area contributed by atoms with E-state index in [9.17, 15) is 45.6 Å². The number of hydrogen-bond acceptors (Lipinski definition) is 12. The lowest BCUT2D eigenvalue weighted by atomic mass is 9.99. The standard InChI is InChI=1S/C21H20O12.ClH/c22-6-15-17(28)18(29)19(30)21(33-15)32-14-5-9-10(24)3-8(23)4-13(9)31-20(14)7-1-11(25)16(27)12(26)2-7;/h1-5,15,17-19,21-22,24-30H,6H2;1H/t15-,17+,18+,19-,21-;/m1./s1. The van der Waals surface area contributed by atoms with Crippen molar-refractivity contribution in [2.24, 2.45) is 0 Å². The number of aliphatic hydroxyl groups excluding tert-OH is 4. The zero-order chi connectivity index (χ0) is 24.0. The van der Waals surface area contributed by atoms with Crippen LogP contribution in [0.15, 0.2) is 39.5 Å². The molecule has 34 heavy (non-hydrogen) atoms. The SMILES string of the molecule is Cl.O=c1cc2oc(-c3cc(O)c(O)c(O)c3)c(O[C@@H]3O[C@H](CO)[C@H](O)[C@H](O)[C@H]3O)cc-2c(O)c1. The molecular weight excluding hydrogens is 480 g/mol. The number of rotatable bonds is 4. The average molecular weight is 501 g/mol. The third kappa shape index (κ3) is 4.42. The first-order valence-corrected chi connectivity index (χ1v) is 9.64. The van der Waals surface area contributed by atoms with Crippen molar-refractivity contribution in [1.29, 1.82) is 0 Å². The molecule has 1 aromatic carbocycles. The number of phenolic OH excluding ortho intramolecular Hbond substituents is 4. The molecule has 0 amide bonds. The Hall–Kier alpha value is -3.26. The number of halogens is 1. The van der Waals surface area contributed by atoms with Gasteiger partial charge < -0.3 is 54.7 Å². The van der Waals surface area contributed by atoms with Crippen molar-refractivity contribution in [2.45, 2.75) is 30.7 Å². The molecule has 2 heterocycles. The van der Waals surface area contributed by atoms with Crippen molar-refractivity contribution in [3.8, 4) is 51.4 Å². The fourth-order valence-electron chi connectivity index (χ4n) is 3.49. The summed E-state index contributed by atoms with van der Waals surface area (Å²) in [4.78, 5) is 11.8. The van der Waals surface area contributed by atoms with Gasteiger partial charge in [-0.1, -0.05) is 0 Å². The van der Waals surface area contributed by atoms with E-state index in [0.717, 1.165) is 24.3 Å². The summed E-state index contributed by atoms with van der Waals surface area (Å²) >= 11 is 0. The topological polar surface area (TPSA) is 211 Å². The maximum atomic E-state index is 11.8. The molecule has 5 atom stereocenters. The average Bonchev–Trinajstić information content (AvgIpc) is 2.77. The number of hydrogen-bond donors (Lipinski definition) is 8. The Morgan fingerprint density at radius 2 is 1.50 bits per heavy atom. The molecule has 0 aromatic heterocycles. The van der Waals surface area contributed by atoms with E-state index in [2.05, 4.69) is 0 Å². The summed E-state index contributed by atoms with van der Waals surface area (Å²) in [6, 6.07) is 5.23. The van der Waals surface area contributed by atoms with Crippen LogP contribution in [0.25, 0.3) is 22.6 Å². The number of ether oxygens (including phenoxy) is 2. The van der Waals surface area contributed by atoms with Crippen LogP contribution < -0.4 is 10.2 Å². The molecule has 0 bridgehead atoms. The van der Waals surface area contributed by atoms with E-state index >= 15 is 0 Å². The van der Waals surface area contributed by atoms with E-state index in [1.807, 2.05) is 0 Å². The molecule has 1 aromatic rings. The van der Waals surface area contributed by atoms with Crippen LogP contribution in [-0.2, 0) is 4.74 Å². The van der Waals surface area contributed by atoms with Gasteiger partial charge in [-0.15, -0.1) is 12.4 Å². The van der Waals surface area contributed by atoms with Crippen molar-refractivity contribution < 1.29 is 54.7 Å². The van der Waals surface area contributed by atoms with Crippen LogP contribution in [0.4, 0.5) is 0 Å². The van der Waals surface area contributed by atoms with Gasteiger partial charge >= 0.3 is 0 Å². The number of phenols is 4. The minimum atomic E-state index is -1.77. The molecule has 0 unspecified atom stereocenters. The molecule has 4 rings (SSSR count). The van der Waals surface area contributed by atoms with E-state index in [-0.39, 0.29) is 40.8 Å². The van der Waals surface area contributed by atoms with Crippen molar-refractivity contribution in [2.75, 3.05) is 6.61 Å². The molecule has 0 spiro atoms. The zero-order valence-electron chi connectivity index (χ0n) is 17.1. The summed E-state index contributed by atoms with van der Waals surface area (Å²) in [6.45, 7) is -0.702. The third-order valence-corrected chi connectivity index (χ3v) is 5.23. The third-order valence-electron chi connectivity index (χ3n) is 5.23. The van der Waals surface area contributed by atoms with Gasteiger partial charge in [-0.3, -0.25) is 4.79 Å². The van der Waals surface area contributed by atoms with Gasteiger partial charge in [0.05, 0.1) is 12.2 Å².